The quantitative estimate of drug-likeness (QED) is 0.659. The topological polar surface area (TPSA) is 75.2 Å². The van der Waals surface area contributed by atoms with Gasteiger partial charge in [-0.15, -0.1) is 0 Å². The molecule has 6 nitrogen and oxygen atoms in total. The van der Waals surface area contributed by atoms with Crippen LogP contribution >= 0.6 is 23.2 Å². The number of benzene rings is 1. The van der Waals surface area contributed by atoms with Crippen molar-refractivity contribution in [2.24, 2.45) is 0 Å². The fourth-order valence-electron chi connectivity index (χ4n) is 4.60. The molecule has 0 amide bonds. The fourth-order valence-corrected chi connectivity index (χ4v) is 5.14. The van der Waals surface area contributed by atoms with E-state index in [9.17, 15) is 0 Å². The number of hydrogen-bond donors (Lipinski definition) is 1. The van der Waals surface area contributed by atoms with Gasteiger partial charge in [-0.3, -0.25) is 0 Å². The number of hydrogen-bond acceptors (Lipinski definition) is 5. The summed E-state index contributed by atoms with van der Waals surface area (Å²) < 4.78 is 14.7. The zero-order chi connectivity index (χ0) is 19.6. The largest absolute Gasteiger partial charge is 0.383 e. The van der Waals surface area contributed by atoms with E-state index in [1.165, 1.54) is 6.33 Å². The van der Waals surface area contributed by atoms with Crippen LogP contribution in [0.2, 0.25) is 10.0 Å². The molecule has 2 aromatic heterocycles. The highest BCUT2D eigenvalue weighted by Crippen LogP contribution is 2.52. The summed E-state index contributed by atoms with van der Waals surface area (Å²) in [6.45, 7) is 3.89. The molecule has 2 aliphatic rings. The predicted octanol–water partition coefficient (Wildman–Crippen LogP) is 4.57. The van der Waals surface area contributed by atoms with Gasteiger partial charge in [0.1, 0.15) is 23.9 Å². The third-order valence-corrected chi connectivity index (χ3v) is 6.08. The van der Waals surface area contributed by atoms with Crippen molar-refractivity contribution < 1.29 is 9.47 Å². The number of nitrogen functional groups attached to an aromatic ring is 1. The van der Waals surface area contributed by atoms with Crippen molar-refractivity contribution in [3.8, 4) is 0 Å². The van der Waals surface area contributed by atoms with Gasteiger partial charge in [-0.05, 0) is 50.1 Å². The van der Waals surface area contributed by atoms with Gasteiger partial charge >= 0.3 is 0 Å². The number of halogens is 2. The van der Waals surface area contributed by atoms with Gasteiger partial charge < -0.3 is 19.8 Å². The molecule has 1 aliphatic heterocycles. The van der Waals surface area contributed by atoms with Crippen LogP contribution in [0, 0.1) is 0 Å². The number of ether oxygens (including phenoxy) is 2. The van der Waals surface area contributed by atoms with E-state index in [-0.39, 0.29) is 24.2 Å². The van der Waals surface area contributed by atoms with E-state index in [0.29, 0.717) is 15.9 Å². The molecule has 8 heteroatoms. The monoisotopic (exact) mass is 418 g/mol. The molecule has 1 saturated heterocycles. The third kappa shape index (κ3) is 2.87. The van der Waals surface area contributed by atoms with E-state index in [4.69, 9.17) is 38.4 Å². The van der Waals surface area contributed by atoms with E-state index in [2.05, 4.69) is 14.5 Å². The van der Waals surface area contributed by atoms with Gasteiger partial charge in [0, 0.05) is 22.2 Å². The maximum atomic E-state index is 6.32. The van der Waals surface area contributed by atoms with Gasteiger partial charge in [0.15, 0.2) is 5.79 Å². The second kappa shape index (κ2) is 6.32. The lowest BCUT2D eigenvalue weighted by atomic mass is 9.95. The summed E-state index contributed by atoms with van der Waals surface area (Å²) in [5, 5.41) is 2.08. The van der Waals surface area contributed by atoms with Crippen LogP contribution in [-0.4, -0.2) is 32.5 Å². The Labute approximate surface area is 172 Å². The zero-order valence-electron chi connectivity index (χ0n) is 15.5. The summed E-state index contributed by atoms with van der Waals surface area (Å²) >= 11 is 12.5. The molecular weight excluding hydrogens is 399 g/mol. The summed E-state index contributed by atoms with van der Waals surface area (Å²) in [6.07, 6.45) is 4.08. The van der Waals surface area contributed by atoms with Crippen LogP contribution in [-0.2, 0) is 9.47 Å². The van der Waals surface area contributed by atoms with Crippen LogP contribution in [0.15, 0.2) is 36.8 Å². The number of rotatable bonds is 2. The predicted molar refractivity (Wildman–Crippen MR) is 109 cm³/mol. The number of aromatic nitrogens is 3. The first kappa shape index (κ1) is 18.2. The van der Waals surface area contributed by atoms with Crippen molar-refractivity contribution in [1.29, 1.82) is 0 Å². The molecule has 2 N–H and O–H groups in total. The molecule has 146 valence electrons. The van der Waals surface area contributed by atoms with Crippen LogP contribution in [0.5, 0.6) is 0 Å². The summed E-state index contributed by atoms with van der Waals surface area (Å²) in [5.41, 5.74) is 7.88. The molecule has 28 heavy (non-hydrogen) atoms. The molecule has 1 aliphatic carbocycles. The summed E-state index contributed by atoms with van der Waals surface area (Å²) in [4.78, 5) is 8.54. The number of anilines is 1. The Balaban J connectivity index is 1.60. The molecule has 4 atom stereocenters. The summed E-state index contributed by atoms with van der Waals surface area (Å²) in [7, 11) is 0. The molecule has 1 aromatic carbocycles. The lowest BCUT2D eigenvalue weighted by Crippen LogP contribution is -2.27. The second-order valence-corrected chi connectivity index (χ2v) is 8.77. The maximum absolute atomic E-state index is 6.32. The summed E-state index contributed by atoms with van der Waals surface area (Å²) in [5.74, 6) is -0.0870. The minimum atomic E-state index is -0.661. The SMILES string of the molecule is CC1(C)O[C@@H]2[C@H](O1)[C@@H](c1cc(Cl)cc(Cl)c1)C[C@H]2n1ccc2c(N)ncnc21. The molecule has 3 aromatic rings. The molecule has 3 heterocycles. The standard InChI is InChI=1S/C20H20Cl2N4O2/c1-20(2)27-16-14(10-5-11(21)7-12(22)6-10)8-15(17(16)28-20)26-4-3-13-18(23)24-9-25-19(13)26/h3-7,9,14-17H,8H2,1-2H3,(H2,23,24,25)/t14-,15-,16-,17+/m1/s1. The van der Waals surface area contributed by atoms with Gasteiger partial charge in [-0.1, -0.05) is 23.2 Å². The van der Waals surface area contributed by atoms with Gasteiger partial charge in [-0.2, -0.15) is 0 Å². The Kier molecular flexibility index (Phi) is 4.11. The molecule has 0 unspecified atom stereocenters. The van der Waals surface area contributed by atoms with Crippen LogP contribution in [0.3, 0.4) is 0 Å². The Morgan fingerprint density at radius 3 is 2.57 bits per heavy atom. The molecule has 1 saturated carbocycles. The molecule has 0 spiro atoms. The fraction of sp³-hybridized carbons (Fsp3) is 0.400. The van der Waals surface area contributed by atoms with Gasteiger partial charge in [-0.25, -0.2) is 9.97 Å². The van der Waals surface area contributed by atoms with E-state index < -0.39 is 5.79 Å². The molecule has 0 bridgehead atoms. The zero-order valence-corrected chi connectivity index (χ0v) is 17.0. The highest BCUT2D eigenvalue weighted by molar-refractivity contribution is 6.34. The Morgan fingerprint density at radius 2 is 1.82 bits per heavy atom. The Bertz CT molecular complexity index is 1050. The van der Waals surface area contributed by atoms with Crippen LogP contribution in [0.4, 0.5) is 5.82 Å². The highest BCUT2D eigenvalue weighted by Gasteiger charge is 2.55. The number of nitrogens with two attached hydrogens (primary N) is 1. The highest BCUT2D eigenvalue weighted by atomic mass is 35.5. The van der Waals surface area contributed by atoms with Crippen molar-refractivity contribution in [2.45, 2.75) is 50.2 Å². The second-order valence-electron chi connectivity index (χ2n) is 7.90. The van der Waals surface area contributed by atoms with Crippen LogP contribution in [0.25, 0.3) is 11.0 Å². The average Bonchev–Trinajstić information content (AvgIpc) is 3.25. The minimum absolute atomic E-state index is 0.0429. The first-order valence-corrected chi connectivity index (χ1v) is 9.97. The van der Waals surface area contributed by atoms with E-state index in [0.717, 1.165) is 23.0 Å². The van der Waals surface area contributed by atoms with Gasteiger partial charge in [0.2, 0.25) is 0 Å². The maximum Gasteiger partial charge on any atom is 0.163 e. The lowest BCUT2D eigenvalue weighted by molar-refractivity contribution is -0.157. The van der Waals surface area contributed by atoms with Crippen molar-refractivity contribution >= 4 is 40.1 Å². The van der Waals surface area contributed by atoms with Crippen molar-refractivity contribution in [1.82, 2.24) is 14.5 Å². The smallest absolute Gasteiger partial charge is 0.163 e. The first-order valence-electron chi connectivity index (χ1n) is 9.21. The lowest BCUT2D eigenvalue weighted by Gasteiger charge is -2.24. The van der Waals surface area contributed by atoms with Crippen molar-refractivity contribution in [3.63, 3.8) is 0 Å². The molecular formula is C20H20Cl2N4O2. The van der Waals surface area contributed by atoms with E-state index in [1.54, 1.807) is 6.07 Å². The molecule has 0 radical (unpaired) electrons. The normalized spacial score (nSPS) is 28.7. The van der Waals surface area contributed by atoms with E-state index in [1.807, 2.05) is 38.2 Å². The Hall–Kier alpha value is -1.86. The number of nitrogens with zero attached hydrogens (tertiary/aromatic N) is 3. The Morgan fingerprint density at radius 1 is 1.11 bits per heavy atom. The van der Waals surface area contributed by atoms with Gasteiger partial charge in [0.25, 0.3) is 0 Å². The third-order valence-electron chi connectivity index (χ3n) is 5.65. The minimum Gasteiger partial charge on any atom is -0.383 e. The summed E-state index contributed by atoms with van der Waals surface area (Å²) in [6, 6.07) is 7.65. The van der Waals surface area contributed by atoms with Crippen molar-refractivity contribution in [2.75, 3.05) is 5.73 Å². The van der Waals surface area contributed by atoms with Gasteiger partial charge in [0.05, 0.1) is 17.5 Å². The van der Waals surface area contributed by atoms with E-state index >= 15 is 0 Å². The van der Waals surface area contributed by atoms with Crippen molar-refractivity contribution in [3.05, 3.63) is 52.4 Å². The average molecular weight is 419 g/mol. The molecule has 2 fully saturated rings. The number of fused-ring (bicyclic) bond motifs is 2. The first-order chi connectivity index (χ1) is 13.3. The van der Waals surface area contributed by atoms with Crippen LogP contribution in [0.1, 0.15) is 37.8 Å². The van der Waals surface area contributed by atoms with Crippen LogP contribution < -0.4 is 5.73 Å². The molecule has 5 rings (SSSR count).